The van der Waals surface area contributed by atoms with Crippen LogP contribution in [0.15, 0.2) is 29.2 Å². The lowest BCUT2D eigenvalue weighted by molar-refractivity contribution is 0.201. The SMILES string of the molecule is CCCS(=O)(=O)c1ccccc1N(C)CC(C)O. The lowest BCUT2D eigenvalue weighted by Crippen LogP contribution is -2.28. The molecule has 0 saturated carbocycles. The van der Waals surface area contributed by atoms with Crippen molar-refractivity contribution in [2.45, 2.75) is 31.3 Å². The Labute approximate surface area is 109 Å². The van der Waals surface area contributed by atoms with Crippen molar-refractivity contribution in [3.63, 3.8) is 0 Å². The molecule has 1 aromatic carbocycles. The predicted octanol–water partition coefficient (Wildman–Crippen LogP) is 1.69. The molecule has 0 radical (unpaired) electrons. The summed E-state index contributed by atoms with van der Waals surface area (Å²) >= 11 is 0. The molecule has 18 heavy (non-hydrogen) atoms. The molecule has 102 valence electrons. The molecule has 0 saturated heterocycles. The van der Waals surface area contributed by atoms with E-state index in [1.165, 1.54) is 0 Å². The van der Waals surface area contributed by atoms with Gasteiger partial charge in [-0.25, -0.2) is 8.42 Å². The minimum absolute atomic E-state index is 0.145. The summed E-state index contributed by atoms with van der Waals surface area (Å²) in [6, 6.07) is 6.92. The highest BCUT2D eigenvalue weighted by Gasteiger charge is 2.19. The van der Waals surface area contributed by atoms with Gasteiger partial charge in [0.1, 0.15) is 0 Å². The van der Waals surface area contributed by atoms with E-state index in [2.05, 4.69) is 0 Å². The maximum Gasteiger partial charge on any atom is 0.180 e. The third-order valence-corrected chi connectivity index (χ3v) is 4.58. The predicted molar refractivity (Wildman–Crippen MR) is 73.7 cm³/mol. The van der Waals surface area contributed by atoms with Crippen molar-refractivity contribution in [3.8, 4) is 0 Å². The molecule has 0 bridgehead atoms. The van der Waals surface area contributed by atoms with Gasteiger partial charge in [0.05, 0.1) is 22.4 Å². The topological polar surface area (TPSA) is 57.6 Å². The van der Waals surface area contributed by atoms with Gasteiger partial charge >= 0.3 is 0 Å². The molecule has 0 aromatic heterocycles. The highest BCUT2D eigenvalue weighted by atomic mass is 32.2. The number of nitrogens with zero attached hydrogens (tertiary/aromatic N) is 1. The lowest BCUT2D eigenvalue weighted by Gasteiger charge is -2.23. The van der Waals surface area contributed by atoms with Crippen LogP contribution in [-0.2, 0) is 9.84 Å². The van der Waals surface area contributed by atoms with E-state index in [-0.39, 0.29) is 5.75 Å². The van der Waals surface area contributed by atoms with Gasteiger partial charge in [0.2, 0.25) is 0 Å². The fraction of sp³-hybridized carbons (Fsp3) is 0.538. The van der Waals surface area contributed by atoms with Crippen LogP contribution in [0.4, 0.5) is 5.69 Å². The number of aliphatic hydroxyl groups excluding tert-OH is 1. The molecule has 0 aliphatic rings. The Bertz CT molecular complexity index is 483. The van der Waals surface area contributed by atoms with Gasteiger partial charge in [0.25, 0.3) is 0 Å². The van der Waals surface area contributed by atoms with E-state index in [0.717, 1.165) is 0 Å². The quantitative estimate of drug-likeness (QED) is 0.855. The number of benzene rings is 1. The van der Waals surface area contributed by atoms with Crippen LogP contribution in [0.3, 0.4) is 0 Å². The van der Waals surface area contributed by atoms with E-state index < -0.39 is 15.9 Å². The first-order valence-electron chi connectivity index (χ1n) is 6.09. The molecule has 4 nitrogen and oxygen atoms in total. The highest BCUT2D eigenvalue weighted by Crippen LogP contribution is 2.25. The van der Waals surface area contributed by atoms with Crippen molar-refractivity contribution in [3.05, 3.63) is 24.3 Å². The van der Waals surface area contributed by atoms with Crippen LogP contribution in [0.25, 0.3) is 0 Å². The van der Waals surface area contributed by atoms with Gasteiger partial charge in [-0.15, -0.1) is 0 Å². The molecule has 5 heteroatoms. The standard InChI is InChI=1S/C13H21NO3S/c1-4-9-18(16,17)13-8-6-5-7-12(13)14(3)10-11(2)15/h5-8,11,15H,4,9-10H2,1-3H3. The Hall–Kier alpha value is -1.07. The van der Waals surface area contributed by atoms with Crippen LogP contribution >= 0.6 is 0 Å². The van der Waals surface area contributed by atoms with Crippen LogP contribution in [-0.4, -0.2) is 39.0 Å². The molecule has 0 aliphatic heterocycles. The number of para-hydroxylation sites is 1. The second kappa shape index (κ2) is 6.20. The fourth-order valence-corrected chi connectivity index (χ4v) is 3.49. The van der Waals surface area contributed by atoms with Gasteiger partial charge in [0.15, 0.2) is 9.84 Å². The average Bonchev–Trinajstić information content (AvgIpc) is 2.28. The molecule has 0 amide bonds. The Morgan fingerprint density at radius 2 is 1.94 bits per heavy atom. The van der Waals surface area contributed by atoms with Gasteiger partial charge < -0.3 is 10.0 Å². The summed E-state index contributed by atoms with van der Waals surface area (Å²) in [5.74, 6) is 0.145. The molecule has 1 N–H and O–H groups in total. The van der Waals surface area contributed by atoms with E-state index in [0.29, 0.717) is 23.5 Å². The maximum atomic E-state index is 12.2. The molecule has 1 unspecified atom stereocenters. The first-order valence-corrected chi connectivity index (χ1v) is 7.74. The normalized spacial score (nSPS) is 13.3. The van der Waals surface area contributed by atoms with Crippen molar-refractivity contribution in [2.75, 3.05) is 24.2 Å². The molecule has 1 aromatic rings. The second-order valence-electron chi connectivity index (χ2n) is 4.52. The summed E-state index contributed by atoms with van der Waals surface area (Å²) in [5.41, 5.74) is 0.645. The largest absolute Gasteiger partial charge is 0.392 e. The Balaban J connectivity index is 3.14. The minimum Gasteiger partial charge on any atom is -0.392 e. The van der Waals surface area contributed by atoms with Gasteiger partial charge in [-0.3, -0.25) is 0 Å². The summed E-state index contributed by atoms with van der Waals surface area (Å²) in [5, 5.41) is 9.39. The molecule has 0 aliphatic carbocycles. The summed E-state index contributed by atoms with van der Waals surface area (Å²) < 4.78 is 24.3. The number of hydrogen-bond acceptors (Lipinski definition) is 4. The number of sulfone groups is 1. The Morgan fingerprint density at radius 1 is 1.33 bits per heavy atom. The number of hydrogen-bond donors (Lipinski definition) is 1. The van der Waals surface area contributed by atoms with E-state index in [4.69, 9.17) is 0 Å². The molecular formula is C13H21NO3S. The first kappa shape index (κ1) is 15.0. The summed E-state index contributed by atoms with van der Waals surface area (Å²) in [6.45, 7) is 3.93. The third-order valence-electron chi connectivity index (χ3n) is 2.62. The van der Waals surface area contributed by atoms with Crippen molar-refractivity contribution < 1.29 is 13.5 Å². The van der Waals surface area contributed by atoms with E-state index in [1.54, 1.807) is 43.1 Å². The van der Waals surface area contributed by atoms with Gasteiger partial charge in [-0.05, 0) is 25.5 Å². The van der Waals surface area contributed by atoms with Crippen molar-refractivity contribution in [1.29, 1.82) is 0 Å². The monoisotopic (exact) mass is 271 g/mol. The molecule has 1 rings (SSSR count). The van der Waals surface area contributed by atoms with E-state index >= 15 is 0 Å². The van der Waals surface area contributed by atoms with Crippen LogP contribution in [0, 0.1) is 0 Å². The van der Waals surface area contributed by atoms with Gasteiger partial charge in [0, 0.05) is 13.6 Å². The molecular weight excluding hydrogens is 250 g/mol. The van der Waals surface area contributed by atoms with E-state index in [9.17, 15) is 13.5 Å². The van der Waals surface area contributed by atoms with Crippen molar-refractivity contribution in [1.82, 2.24) is 0 Å². The van der Waals surface area contributed by atoms with Crippen molar-refractivity contribution >= 4 is 15.5 Å². The number of anilines is 1. The summed E-state index contributed by atoms with van der Waals surface area (Å²) in [6.07, 6.45) is 0.0912. The molecule has 0 heterocycles. The van der Waals surface area contributed by atoms with Crippen LogP contribution < -0.4 is 4.90 Å². The highest BCUT2D eigenvalue weighted by molar-refractivity contribution is 7.91. The zero-order chi connectivity index (χ0) is 13.8. The second-order valence-corrected chi connectivity index (χ2v) is 6.59. The Kier molecular flexibility index (Phi) is 5.16. The number of likely N-dealkylation sites (N-methyl/N-ethyl adjacent to an activating group) is 1. The smallest absolute Gasteiger partial charge is 0.180 e. The van der Waals surface area contributed by atoms with Gasteiger partial charge in [-0.2, -0.15) is 0 Å². The third kappa shape index (κ3) is 3.71. The Morgan fingerprint density at radius 3 is 2.50 bits per heavy atom. The zero-order valence-electron chi connectivity index (χ0n) is 11.1. The summed E-state index contributed by atoms with van der Waals surface area (Å²) in [4.78, 5) is 2.11. The van der Waals surface area contributed by atoms with Gasteiger partial charge in [-0.1, -0.05) is 19.1 Å². The number of rotatable bonds is 6. The minimum atomic E-state index is -3.25. The number of aliphatic hydroxyl groups is 1. The van der Waals surface area contributed by atoms with Crippen LogP contribution in [0.1, 0.15) is 20.3 Å². The maximum absolute atomic E-state index is 12.2. The van der Waals surface area contributed by atoms with Crippen LogP contribution in [0.2, 0.25) is 0 Å². The average molecular weight is 271 g/mol. The fourth-order valence-electron chi connectivity index (χ4n) is 1.91. The molecule has 1 atom stereocenters. The van der Waals surface area contributed by atoms with Crippen molar-refractivity contribution in [2.24, 2.45) is 0 Å². The van der Waals surface area contributed by atoms with E-state index in [1.807, 2.05) is 6.92 Å². The van der Waals surface area contributed by atoms with Crippen LogP contribution in [0.5, 0.6) is 0 Å². The zero-order valence-corrected chi connectivity index (χ0v) is 11.9. The first-order chi connectivity index (χ1) is 8.38. The summed E-state index contributed by atoms with van der Waals surface area (Å²) in [7, 11) is -1.46. The molecule has 0 spiro atoms. The molecule has 0 fully saturated rings. The lowest BCUT2D eigenvalue weighted by atomic mass is 10.2.